The van der Waals surface area contributed by atoms with Gasteiger partial charge in [-0.1, -0.05) is 54.6 Å². The summed E-state index contributed by atoms with van der Waals surface area (Å²) in [5.74, 6) is 0.0875. The Labute approximate surface area is 99.9 Å². The average Bonchev–Trinajstić information content (AvgIpc) is 2.40. The monoisotopic (exact) mass is 224 g/mol. The second kappa shape index (κ2) is 5.21. The van der Waals surface area contributed by atoms with E-state index in [-0.39, 0.29) is 5.78 Å². The van der Waals surface area contributed by atoms with Crippen LogP contribution in [0.1, 0.15) is 26.3 Å². The van der Waals surface area contributed by atoms with Crippen LogP contribution in [0.2, 0.25) is 0 Å². The van der Waals surface area contributed by atoms with Gasteiger partial charge in [0.15, 0.2) is 5.78 Å². The fourth-order valence-corrected chi connectivity index (χ4v) is 1.63. The smallest absolute Gasteiger partial charge is 0.167 e. The standard InChI is InChI=1S/C15H12O2/c16-11-13-8-6-12(7-9-13)10-15(17)14-4-2-1-3-5-14/h1-9,11H,10H2. The van der Waals surface area contributed by atoms with Gasteiger partial charge in [-0.2, -0.15) is 0 Å². The summed E-state index contributed by atoms with van der Waals surface area (Å²) < 4.78 is 0. The minimum Gasteiger partial charge on any atom is -0.298 e. The van der Waals surface area contributed by atoms with E-state index in [0.717, 1.165) is 11.8 Å². The quantitative estimate of drug-likeness (QED) is 0.591. The van der Waals surface area contributed by atoms with Crippen molar-refractivity contribution < 1.29 is 9.59 Å². The second-order valence-corrected chi connectivity index (χ2v) is 3.83. The van der Waals surface area contributed by atoms with Crippen molar-refractivity contribution in [3.05, 3.63) is 71.3 Å². The number of benzene rings is 2. The van der Waals surface area contributed by atoms with Gasteiger partial charge in [0.05, 0.1) is 0 Å². The van der Waals surface area contributed by atoms with Crippen molar-refractivity contribution in [2.24, 2.45) is 0 Å². The minimum atomic E-state index is 0.0875. The molecule has 0 aliphatic rings. The van der Waals surface area contributed by atoms with Gasteiger partial charge in [0.25, 0.3) is 0 Å². The molecule has 0 aliphatic heterocycles. The zero-order valence-electron chi connectivity index (χ0n) is 9.30. The first-order chi connectivity index (χ1) is 8.29. The van der Waals surface area contributed by atoms with Crippen LogP contribution in [0.5, 0.6) is 0 Å². The summed E-state index contributed by atoms with van der Waals surface area (Å²) in [7, 11) is 0. The fourth-order valence-electron chi connectivity index (χ4n) is 1.63. The molecule has 2 rings (SSSR count). The Balaban J connectivity index is 2.10. The number of hydrogen-bond donors (Lipinski definition) is 0. The van der Waals surface area contributed by atoms with Gasteiger partial charge in [0, 0.05) is 17.5 Å². The Morgan fingerprint density at radius 3 is 2.18 bits per heavy atom. The fraction of sp³-hybridized carbons (Fsp3) is 0.0667. The first-order valence-electron chi connectivity index (χ1n) is 5.42. The third kappa shape index (κ3) is 2.88. The molecule has 0 aromatic heterocycles. The lowest BCUT2D eigenvalue weighted by Gasteiger charge is -2.01. The maximum Gasteiger partial charge on any atom is 0.167 e. The van der Waals surface area contributed by atoms with Gasteiger partial charge < -0.3 is 0 Å². The van der Waals surface area contributed by atoms with Gasteiger partial charge in [0.2, 0.25) is 0 Å². The van der Waals surface area contributed by atoms with Crippen molar-refractivity contribution >= 4 is 12.1 Å². The molecular formula is C15H12O2. The van der Waals surface area contributed by atoms with Gasteiger partial charge >= 0.3 is 0 Å². The number of carbonyl (C=O) groups is 2. The molecule has 0 fully saturated rings. The van der Waals surface area contributed by atoms with Crippen molar-refractivity contribution in [1.82, 2.24) is 0 Å². The molecule has 0 saturated carbocycles. The van der Waals surface area contributed by atoms with E-state index in [1.165, 1.54) is 0 Å². The lowest BCUT2D eigenvalue weighted by molar-refractivity contribution is 0.0992. The van der Waals surface area contributed by atoms with Crippen LogP contribution in [0.25, 0.3) is 0 Å². The number of Topliss-reactive ketones (excluding diaryl/α,β-unsaturated/α-hetero) is 1. The highest BCUT2D eigenvalue weighted by molar-refractivity contribution is 5.97. The van der Waals surface area contributed by atoms with Crippen LogP contribution in [0, 0.1) is 0 Å². The molecule has 17 heavy (non-hydrogen) atoms. The summed E-state index contributed by atoms with van der Waals surface area (Å²) >= 11 is 0. The predicted molar refractivity (Wildman–Crippen MR) is 66.3 cm³/mol. The Bertz CT molecular complexity index is 512. The molecule has 2 aromatic carbocycles. The highest BCUT2D eigenvalue weighted by Gasteiger charge is 2.05. The van der Waals surface area contributed by atoms with Crippen LogP contribution in [-0.4, -0.2) is 12.1 Å². The largest absolute Gasteiger partial charge is 0.298 e. The predicted octanol–water partition coefficient (Wildman–Crippen LogP) is 2.92. The maximum atomic E-state index is 11.9. The Morgan fingerprint density at radius 2 is 1.59 bits per heavy atom. The molecule has 2 heteroatoms. The SMILES string of the molecule is O=Cc1ccc(CC(=O)c2ccccc2)cc1. The van der Waals surface area contributed by atoms with Crippen molar-refractivity contribution in [2.45, 2.75) is 6.42 Å². The molecule has 0 amide bonds. The van der Waals surface area contributed by atoms with Gasteiger partial charge in [-0.3, -0.25) is 9.59 Å². The van der Waals surface area contributed by atoms with E-state index in [4.69, 9.17) is 0 Å². The van der Waals surface area contributed by atoms with Crippen molar-refractivity contribution in [2.75, 3.05) is 0 Å². The number of carbonyl (C=O) groups excluding carboxylic acids is 2. The molecule has 2 nitrogen and oxygen atoms in total. The van der Waals surface area contributed by atoms with Crippen LogP contribution in [0.3, 0.4) is 0 Å². The second-order valence-electron chi connectivity index (χ2n) is 3.83. The molecule has 0 unspecified atom stereocenters. The molecule has 0 bridgehead atoms. The first kappa shape index (κ1) is 11.3. The van der Waals surface area contributed by atoms with Gasteiger partial charge in [0.1, 0.15) is 6.29 Å². The molecule has 0 spiro atoms. The van der Waals surface area contributed by atoms with Crippen LogP contribution in [-0.2, 0) is 6.42 Å². The van der Waals surface area contributed by atoms with Crippen molar-refractivity contribution in [3.63, 3.8) is 0 Å². The van der Waals surface area contributed by atoms with Crippen molar-refractivity contribution in [3.8, 4) is 0 Å². The summed E-state index contributed by atoms with van der Waals surface area (Å²) in [6, 6.07) is 16.3. The summed E-state index contributed by atoms with van der Waals surface area (Å²) in [5.41, 5.74) is 2.26. The van der Waals surface area contributed by atoms with E-state index in [1.807, 2.05) is 42.5 Å². The van der Waals surface area contributed by atoms with Crippen molar-refractivity contribution in [1.29, 1.82) is 0 Å². The summed E-state index contributed by atoms with van der Waals surface area (Å²) in [6.45, 7) is 0. The molecule has 0 N–H and O–H groups in total. The molecule has 0 aliphatic carbocycles. The van der Waals surface area contributed by atoms with E-state index >= 15 is 0 Å². The summed E-state index contributed by atoms with van der Waals surface area (Å²) in [6.07, 6.45) is 1.16. The van der Waals surface area contributed by atoms with Gasteiger partial charge in [-0.05, 0) is 5.56 Å². The average molecular weight is 224 g/mol. The van der Waals surface area contributed by atoms with Crippen LogP contribution < -0.4 is 0 Å². The number of aldehydes is 1. The molecule has 0 atom stereocenters. The summed E-state index contributed by atoms with van der Waals surface area (Å²) in [5, 5.41) is 0. The number of rotatable bonds is 4. The third-order valence-electron chi connectivity index (χ3n) is 2.58. The Hall–Kier alpha value is -2.22. The number of hydrogen-bond acceptors (Lipinski definition) is 2. The topological polar surface area (TPSA) is 34.1 Å². The van der Waals surface area contributed by atoms with E-state index in [9.17, 15) is 9.59 Å². The lowest BCUT2D eigenvalue weighted by atomic mass is 10.0. The highest BCUT2D eigenvalue weighted by atomic mass is 16.1. The minimum absolute atomic E-state index is 0.0875. The Kier molecular flexibility index (Phi) is 3.46. The van der Waals surface area contributed by atoms with Crippen LogP contribution >= 0.6 is 0 Å². The normalized spacial score (nSPS) is 9.88. The third-order valence-corrected chi connectivity index (χ3v) is 2.58. The van der Waals surface area contributed by atoms with E-state index in [2.05, 4.69) is 0 Å². The molecule has 0 saturated heterocycles. The van der Waals surface area contributed by atoms with E-state index in [0.29, 0.717) is 17.5 Å². The molecule has 0 heterocycles. The lowest BCUT2D eigenvalue weighted by Crippen LogP contribution is -2.03. The highest BCUT2D eigenvalue weighted by Crippen LogP contribution is 2.08. The number of ketones is 1. The van der Waals surface area contributed by atoms with E-state index in [1.54, 1.807) is 12.1 Å². The summed E-state index contributed by atoms with van der Waals surface area (Å²) in [4.78, 5) is 22.4. The zero-order chi connectivity index (χ0) is 12.1. The van der Waals surface area contributed by atoms with E-state index < -0.39 is 0 Å². The van der Waals surface area contributed by atoms with Gasteiger partial charge in [-0.15, -0.1) is 0 Å². The Morgan fingerprint density at radius 1 is 0.941 bits per heavy atom. The molecule has 0 radical (unpaired) electrons. The molecule has 84 valence electrons. The maximum absolute atomic E-state index is 11.9. The molecule has 2 aromatic rings. The zero-order valence-corrected chi connectivity index (χ0v) is 9.30. The molecular weight excluding hydrogens is 212 g/mol. The van der Waals surface area contributed by atoms with Gasteiger partial charge in [-0.25, -0.2) is 0 Å². The van der Waals surface area contributed by atoms with Crippen LogP contribution in [0.4, 0.5) is 0 Å². The first-order valence-corrected chi connectivity index (χ1v) is 5.42. The van der Waals surface area contributed by atoms with Crippen LogP contribution in [0.15, 0.2) is 54.6 Å².